The van der Waals surface area contributed by atoms with E-state index in [1.807, 2.05) is 6.07 Å². The number of anilines is 1. The minimum absolute atomic E-state index is 0.0304. The van der Waals surface area contributed by atoms with E-state index < -0.39 is 29.3 Å². The Hall–Kier alpha value is -3.52. The lowest BCUT2D eigenvalue weighted by Crippen LogP contribution is -2.75. The number of nitrogens with zero attached hydrogens (tertiary/aromatic N) is 4. The number of ether oxygens (including phenoxy) is 1. The molecule has 1 aliphatic rings. The molecule has 1 saturated heterocycles. The molecule has 1 aromatic heterocycles. The molecule has 1 aromatic carbocycles. The first-order valence-electron chi connectivity index (χ1n) is 9.69. The number of hydrogen-bond donors (Lipinski definition) is 0. The van der Waals surface area contributed by atoms with E-state index >= 15 is 0 Å². The van der Waals surface area contributed by atoms with Gasteiger partial charge in [0.25, 0.3) is 0 Å². The number of carbonyl (C=O) groups is 2. The summed E-state index contributed by atoms with van der Waals surface area (Å²) in [6.07, 6.45) is -4.20. The van der Waals surface area contributed by atoms with Gasteiger partial charge >= 0.3 is 18.2 Å². The van der Waals surface area contributed by atoms with Crippen LogP contribution in [-0.4, -0.2) is 47.2 Å². The number of halogens is 4. The molecule has 33 heavy (non-hydrogen) atoms. The number of pyridine rings is 1. The molecule has 0 spiro atoms. The number of alkyl halides is 3. The molecule has 1 aliphatic heterocycles. The van der Waals surface area contributed by atoms with Crippen LogP contribution in [0.4, 0.5) is 23.8 Å². The van der Waals surface area contributed by atoms with Gasteiger partial charge in [0, 0.05) is 6.20 Å². The fourth-order valence-corrected chi connectivity index (χ4v) is 3.56. The van der Waals surface area contributed by atoms with E-state index in [9.17, 15) is 22.8 Å². The van der Waals surface area contributed by atoms with Gasteiger partial charge in [-0.25, -0.2) is 14.6 Å². The molecule has 0 N–H and O–H groups in total. The average Bonchev–Trinajstić information content (AvgIpc) is 2.77. The number of carbonyl (C=O) groups excluding carboxylic acids is 2. The normalized spacial score (nSPS) is 14.6. The molecule has 3 rings (SSSR count). The molecule has 0 atom stereocenters. The van der Waals surface area contributed by atoms with E-state index in [-0.39, 0.29) is 26.2 Å². The van der Waals surface area contributed by atoms with Gasteiger partial charge in [0.2, 0.25) is 0 Å². The maximum Gasteiger partial charge on any atom is 0.429 e. The highest BCUT2D eigenvalue weighted by Gasteiger charge is 2.57. The van der Waals surface area contributed by atoms with Crippen LogP contribution in [0.1, 0.15) is 23.6 Å². The zero-order valence-corrected chi connectivity index (χ0v) is 18.1. The lowest BCUT2D eigenvalue weighted by molar-refractivity contribution is -0.159. The molecular weight excluding hydrogens is 465 g/mol. The Morgan fingerprint density at radius 1 is 1.24 bits per heavy atom. The first-order valence-corrected chi connectivity index (χ1v) is 10.00. The Labute approximate surface area is 192 Å². The third kappa shape index (κ3) is 4.96. The van der Waals surface area contributed by atoms with Gasteiger partial charge in [-0.05, 0) is 36.8 Å². The van der Waals surface area contributed by atoms with Gasteiger partial charge in [0.05, 0.1) is 37.4 Å². The summed E-state index contributed by atoms with van der Waals surface area (Å²) in [5.74, 6) is -0.258. The van der Waals surface area contributed by atoms with E-state index in [4.69, 9.17) is 21.9 Å². The number of hydrogen-bond acceptors (Lipinski definition) is 7. The molecule has 174 valence electrons. The van der Waals surface area contributed by atoms with Crippen LogP contribution in [0.25, 0.3) is 0 Å². The van der Waals surface area contributed by atoms with E-state index in [2.05, 4.69) is 9.27 Å². The third-order valence-corrected chi connectivity index (χ3v) is 5.32. The minimum atomic E-state index is -4.51. The van der Waals surface area contributed by atoms with Gasteiger partial charge in [-0.3, -0.25) is 4.90 Å². The Morgan fingerprint density at radius 2 is 1.91 bits per heavy atom. The highest BCUT2D eigenvalue weighted by atomic mass is 35.5. The Kier molecular flexibility index (Phi) is 6.98. The molecule has 8 nitrogen and oxygen atoms in total. The van der Waals surface area contributed by atoms with E-state index in [1.165, 1.54) is 18.3 Å². The molecule has 0 aliphatic carbocycles. The number of rotatable bonds is 6. The molecule has 0 bridgehead atoms. The van der Waals surface area contributed by atoms with Crippen LogP contribution in [0, 0.1) is 11.3 Å². The van der Waals surface area contributed by atoms with Crippen molar-refractivity contribution >= 4 is 29.7 Å². The summed E-state index contributed by atoms with van der Waals surface area (Å²) < 4.78 is 48.1. The number of aromatic nitrogens is 1. The highest BCUT2D eigenvalue weighted by molar-refractivity contribution is 6.13. The number of benzene rings is 1. The van der Waals surface area contributed by atoms with Crippen molar-refractivity contribution in [1.29, 1.82) is 5.26 Å². The average molecular weight is 483 g/mol. The molecule has 0 unspecified atom stereocenters. The van der Waals surface area contributed by atoms with Crippen LogP contribution in [0.15, 0.2) is 42.6 Å². The highest BCUT2D eigenvalue weighted by Crippen LogP contribution is 2.35. The topological polar surface area (TPSA) is 95.8 Å². The summed E-state index contributed by atoms with van der Waals surface area (Å²) in [5.41, 5.74) is -1.69. The molecule has 2 heterocycles. The molecule has 12 heteroatoms. The number of amides is 1. The van der Waals surface area contributed by atoms with Gasteiger partial charge in [-0.2, -0.15) is 18.4 Å². The van der Waals surface area contributed by atoms with Crippen molar-refractivity contribution in [1.82, 2.24) is 9.88 Å². The lowest BCUT2D eigenvalue weighted by Gasteiger charge is -2.52. The van der Waals surface area contributed by atoms with Crippen LogP contribution in [0.5, 0.6) is 0 Å². The van der Waals surface area contributed by atoms with E-state index in [0.29, 0.717) is 16.9 Å². The number of esters is 1. The molecule has 0 saturated carbocycles. The second-order valence-corrected chi connectivity index (χ2v) is 7.40. The monoisotopic (exact) mass is 482 g/mol. The van der Waals surface area contributed by atoms with Crippen LogP contribution < -0.4 is 4.90 Å². The first kappa shape index (κ1) is 24.1. The summed E-state index contributed by atoms with van der Waals surface area (Å²) in [6.45, 7) is 1.33. The predicted molar refractivity (Wildman–Crippen MR) is 110 cm³/mol. The van der Waals surface area contributed by atoms with Gasteiger partial charge < -0.3 is 13.9 Å². The number of nitriles is 1. The van der Waals surface area contributed by atoms with Crippen molar-refractivity contribution in [2.45, 2.75) is 25.2 Å². The second kappa shape index (κ2) is 9.54. The molecule has 1 amide bonds. The van der Waals surface area contributed by atoms with Gasteiger partial charge in [0.1, 0.15) is 23.8 Å². The zero-order valence-electron chi connectivity index (χ0n) is 17.3. The van der Waals surface area contributed by atoms with Crippen molar-refractivity contribution in [3.63, 3.8) is 0 Å². The van der Waals surface area contributed by atoms with Gasteiger partial charge in [-0.15, -0.1) is 0 Å². The summed E-state index contributed by atoms with van der Waals surface area (Å²) >= 11 is 5.31. The molecular formula is C21H18ClF3N4O4. The van der Waals surface area contributed by atoms with Crippen molar-refractivity contribution in [3.05, 3.63) is 59.3 Å². The quantitative estimate of drug-likeness (QED) is 0.576. The van der Waals surface area contributed by atoms with Crippen molar-refractivity contribution in [3.8, 4) is 6.07 Å². The second-order valence-electron chi connectivity index (χ2n) is 7.25. The van der Waals surface area contributed by atoms with Crippen molar-refractivity contribution in [2.75, 3.05) is 24.6 Å². The maximum absolute atomic E-state index is 12.9. The van der Waals surface area contributed by atoms with Crippen molar-refractivity contribution < 1.29 is 31.8 Å². The Bertz CT molecular complexity index is 1050. The molecule has 0 radical (unpaired) electrons. The van der Waals surface area contributed by atoms with E-state index in [1.54, 1.807) is 24.0 Å². The summed E-state index contributed by atoms with van der Waals surface area (Å²) in [7, 11) is 0. The summed E-state index contributed by atoms with van der Waals surface area (Å²) in [5, 5.41) is 8.92. The zero-order chi connectivity index (χ0) is 24.2. The van der Waals surface area contributed by atoms with Crippen LogP contribution >= 0.6 is 11.9 Å². The molecule has 2 aromatic rings. The Balaban J connectivity index is 1.89. The van der Waals surface area contributed by atoms with Crippen LogP contribution in [0.3, 0.4) is 0 Å². The summed E-state index contributed by atoms with van der Waals surface area (Å²) in [6, 6.07) is 9.26. The summed E-state index contributed by atoms with van der Waals surface area (Å²) in [4.78, 5) is 32.3. The minimum Gasteiger partial charge on any atom is -0.464 e. The van der Waals surface area contributed by atoms with E-state index in [0.717, 1.165) is 17.0 Å². The van der Waals surface area contributed by atoms with Gasteiger partial charge in [0.15, 0.2) is 5.54 Å². The lowest BCUT2D eigenvalue weighted by atomic mass is 9.87. The fraction of sp³-hybridized carbons (Fsp3) is 0.333. The largest absolute Gasteiger partial charge is 0.464 e. The van der Waals surface area contributed by atoms with Crippen molar-refractivity contribution in [2.24, 2.45) is 0 Å². The maximum atomic E-state index is 12.9. The van der Waals surface area contributed by atoms with Gasteiger partial charge in [-0.1, -0.05) is 12.1 Å². The third-order valence-electron chi connectivity index (χ3n) is 5.19. The van der Waals surface area contributed by atoms with Crippen LogP contribution in [0.2, 0.25) is 0 Å². The molecule has 1 fully saturated rings. The first-order chi connectivity index (χ1) is 15.6. The fourth-order valence-electron chi connectivity index (χ4n) is 3.48. The Morgan fingerprint density at radius 3 is 2.39 bits per heavy atom. The SMILES string of the molecule is CCOC(=O)C1(N(Cc2ccc(C(F)(F)F)cc2)C(=O)OCl)CN(c2ccc(C#N)cn2)C1. The standard InChI is InChI=1S/C21H18ClF3N4O4/c1-2-32-18(30)20(12-28(13-20)17-8-5-15(9-26)10-27-17)29(19(31)33-22)11-14-3-6-16(7-4-14)21(23,24)25/h3-8,10H,2,11-13H2,1H3. The van der Waals surface area contributed by atoms with Crippen LogP contribution in [-0.2, 0) is 26.5 Å². The predicted octanol–water partition coefficient (Wildman–Crippen LogP) is 3.89. The smallest absolute Gasteiger partial charge is 0.429 e.